The summed E-state index contributed by atoms with van der Waals surface area (Å²) in [5, 5.41) is 18.5. The molecule has 0 spiro atoms. The van der Waals surface area contributed by atoms with E-state index >= 15 is 0 Å². The summed E-state index contributed by atoms with van der Waals surface area (Å²) in [4.78, 5) is 4.58. The third-order valence-corrected chi connectivity index (χ3v) is 5.55. The second kappa shape index (κ2) is 7.83. The number of hydrogen-bond donors (Lipinski definition) is 1. The highest BCUT2D eigenvalue weighted by atomic mass is 35.5. The standard InChI is InChI=1S/C19H19N7S.ClH/c1-13-22-23-19(27-13)14-4-2-5-15(10-14)25-9-7-21-18(25)17-11-16-12-20-6-3-8-26(16)24-17;/h2,4-5,7,9-11,20H,3,6,8,12H2,1H3;1H. The van der Waals surface area contributed by atoms with Gasteiger partial charge in [0.15, 0.2) is 5.82 Å². The van der Waals surface area contributed by atoms with E-state index in [4.69, 9.17) is 5.10 Å². The van der Waals surface area contributed by atoms with Crippen LogP contribution in [0.25, 0.3) is 27.8 Å². The highest BCUT2D eigenvalue weighted by Gasteiger charge is 2.16. The summed E-state index contributed by atoms with van der Waals surface area (Å²) in [6.45, 7) is 4.79. The molecule has 1 N–H and O–H groups in total. The number of halogens is 1. The number of aromatic nitrogens is 6. The lowest BCUT2D eigenvalue weighted by Crippen LogP contribution is -2.11. The van der Waals surface area contributed by atoms with E-state index in [0.717, 1.165) is 58.8 Å². The summed E-state index contributed by atoms with van der Waals surface area (Å²) in [7, 11) is 0. The summed E-state index contributed by atoms with van der Waals surface area (Å²) in [5.74, 6) is 0.848. The van der Waals surface area contributed by atoms with Crippen LogP contribution in [0, 0.1) is 6.92 Å². The first-order chi connectivity index (χ1) is 13.3. The maximum atomic E-state index is 4.80. The minimum Gasteiger partial charge on any atom is -0.311 e. The zero-order valence-electron chi connectivity index (χ0n) is 15.4. The van der Waals surface area contributed by atoms with Crippen molar-refractivity contribution in [1.29, 1.82) is 0 Å². The van der Waals surface area contributed by atoms with Gasteiger partial charge in [-0.2, -0.15) is 5.10 Å². The molecule has 28 heavy (non-hydrogen) atoms. The van der Waals surface area contributed by atoms with Gasteiger partial charge in [-0.25, -0.2) is 4.98 Å². The molecule has 144 valence electrons. The molecule has 0 aliphatic carbocycles. The number of nitrogens with zero attached hydrogens (tertiary/aromatic N) is 6. The average Bonchev–Trinajstić information content (AvgIpc) is 3.39. The number of aryl methyl sites for hydroxylation is 2. The van der Waals surface area contributed by atoms with Crippen LogP contribution in [0.1, 0.15) is 17.1 Å². The molecule has 0 unspecified atom stereocenters. The molecule has 9 heteroatoms. The van der Waals surface area contributed by atoms with E-state index in [1.54, 1.807) is 11.3 Å². The van der Waals surface area contributed by atoms with Crippen LogP contribution in [0.5, 0.6) is 0 Å². The normalized spacial score (nSPS) is 13.6. The van der Waals surface area contributed by atoms with Gasteiger partial charge in [0.1, 0.15) is 15.7 Å². The van der Waals surface area contributed by atoms with Crippen molar-refractivity contribution in [1.82, 2.24) is 34.8 Å². The summed E-state index contributed by atoms with van der Waals surface area (Å²) < 4.78 is 4.17. The summed E-state index contributed by atoms with van der Waals surface area (Å²) in [5.41, 5.74) is 4.20. The first-order valence-electron chi connectivity index (χ1n) is 9.00. The molecular weight excluding hydrogens is 394 g/mol. The maximum absolute atomic E-state index is 4.80. The molecule has 1 aliphatic heterocycles. The van der Waals surface area contributed by atoms with Gasteiger partial charge in [-0.1, -0.05) is 23.5 Å². The minimum absolute atomic E-state index is 0. The number of rotatable bonds is 3. The summed E-state index contributed by atoms with van der Waals surface area (Å²) in [6.07, 6.45) is 4.88. The lowest BCUT2D eigenvalue weighted by Gasteiger charge is -2.07. The largest absolute Gasteiger partial charge is 0.311 e. The molecule has 0 atom stereocenters. The van der Waals surface area contributed by atoms with E-state index < -0.39 is 0 Å². The monoisotopic (exact) mass is 413 g/mol. The van der Waals surface area contributed by atoms with E-state index in [2.05, 4.69) is 54.0 Å². The molecule has 0 fully saturated rings. The van der Waals surface area contributed by atoms with E-state index in [9.17, 15) is 0 Å². The zero-order valence-corrected chi connectivity index (χ0v) is 17.0. The van der Waals surface area contributed by atoms with Gasteiger partial charge in [0.2, 0.25) is 0 Å². The first kappa shape index (κ1) is 18.8. The third kappa shape index (κ3) is 3.46. The fourth-order valence-corrected chi connectivity index (χ4v) is 4.06. The highest BCUT2D eigenvalue weighted by Crippen LogP contribution is 2.27. The number of hydrogen-bond acceptors (Lipinski definition) is 6. The first-order valence-corrected chi connectivity index (χ1v) is 9.82. The second-order valence-electron chi connectivity index (χ2n) is 6.57. The Morgan fingerprint density at radius 3 is 2.96 bits per heavy atom. The van der Waals surface area contributed by atoms with Gasteiger partial charge in [0.25, 0.3) is 0 Å². The molecule has 3 aromatic heterocycles. The van der Waals surface area contributed by atoms with Crippen molar-refractivity contribution in [2.45, 2.75) is 26.4 Å². The fraction of sp³-hybridized carbons (Fsp3) is 0.263. The van der Waals surface area contributed by atoms with Crippen LogP contribution in [-0.2, 0) is 13.1 Å². The van der Waals surface area contributed by atoms with E-state index in [1.807, 2.05) is 25.4 Å². The van der Waals surface area contributed by atoms with E-state index in [1.165, 1.54) is 5.69 Å². The molecule has 1 aliphatic rings. The SMILES string of the molecule is Cc1nnc(-c2cccc(-n3ccnc3-c3cc4n(n3)CCCNC4)c2)s1.Cl. The molecule has 4 aromatic rings. The van der Waals surface area contributed by atoms with Crippen molar-refractivity contribution in [2.24, 2.45) is 0 Å². The second-order valence-corrected chi connectivity index (χ2v) is 7.75. The molecule has 7 nitrogen and oxygen atoms in total. The van der Waals surface area contributed by atoms with Gasteiger partial charge in [-0.15, -0.1) is 22.6 Å². The molecule has 0 saturated carbocycles. The van der Waals surface area contributed by atoms with Gasteiger partial charge in [-0.05, 0) is 38.1 Å². The lowest BCUT2D eigenvalue weighted by molar-refractivity contribution is 0.588. The predicted octanol–water partition coefficient (Wildman–Crippen LogP) is 3.48. The van der Waals surface area contributed by atoms with E-state index in [0.29, 0.717) is 0 Å². The van der Waals surface area contributed by atoms with Crippen molar-refractivity contribution >= 4 is 23.7 Å². The summed E-state index contributed by atoms with van der Waals surface area (Å²) >= 11 is 1.60. The number of imidazole rings is 1. The number of benzene rings is 1. The zero-order chi connectivity index (χ0) is 18.2. The van der Waals surface area contributed by atoms with Crippen molar-refractivity contribution in [3.8, 4) is 27.8 Å². The van der Waals surface area contributed by atoms with Gasteiger partial charge < -0.3 is 5.32 Å². The molecule has 0 saturated heterocycles. The topological polar surface area (TPSA) is 73.5 Å². The van der Waals surface area contributed by atoms with Crippen molar-refractivity contribution in [3.05, 3.63) is 53.4 Å². The van der Waals surface area contributed by atoms with Gasteiger partial charge in [-0.3, -0.25) is 9.25 Å². The van der Waals surface area contributed by atoms with Crippen LogP contribution >= 0.6 is 23.7 Å². The lowest BCUT2D eigenvalue weighted by atomic mass is 10.2. The fourth-order valence-electron chi connectivity index (χ4n) is 3.37. The highest BCUT2D eigenvalue weighted by molar-refractivity contribution is 7.14. The molecule has 1 aromatic carbocycles. The van der Waals surface area contributed by atoms with Crippen LogP contribution in [0.2, 0.25) is 0 Å². The Bertz CT molecular complexity index is 1070. The smallest absolute Gasteiger partial charge is 0.165 e. The van der Waals surface area contributed by atoms with Crippen LogP contribution < -0.4 is 5.32 Å². The Morgan fingerprint density at radius 2 is 2.11 bits per heavy atom. The van der Waals surface area contributed by atoms with Crippen molar-refractivity contribution in [3.63, 3.8) is 0 Å². The van der Waals surface area contributed by atoms with Crippen molar-refractivity contribution < 1.29 is 0 Å². The Balaban J connectivity index is 0.00000192. The molecule has 4 heterocycles. The average molecular weight is 414 g/mol. The Labute approximate surface area is 172 Å². The van der Waals surface area contributed by atoms with Crippen LogP contribution in [0.3, 0.4) is 0 Å². The molecule has 5 rings (SSSR count). The van der Waals surface area contributed by atoms with Gasteiger partial charge >= 0.3 is 0 Å². The molecular formula is C19H20ClN7S. The Hall–Kier alpha value is -2.55. The maximum Gasteiger partial charge on any atom is 0.165 e. The van der Waals surface area contributed by atoms with Crippen LogP contribution in [0.4, 0.5) is 0 Å². The van der Waals surface area contributed by atoms with Gasteiger partial charge in [0.05, 0.1) is 5.69 Å². The number of nitrogens with one attached hydrogen (secondary N) is 1. The van der Waals surface area contributed by atoms with Crippen molar-refractivity contribution in [2.75, 3.05) is 6.54 Å². The summed E-state index contributed by atoms with van der Waals surface area (Å²) in [6, 6.07) is 10.4. The molecule has 0 bridgehead atoms. The quantitative estimate of drug-likeness (QED) is 0.556. The van der Waals surface area contributed by atoms with Crippen LogP contribution in [-0.4, -0.2) is 36.1 Å². The molecule has 0 radical (unpaired) electrons. The molecule has 0 amide bonds. The Morgan fingerprint density at radius 1 is 1.18 bits per heavy atom. The Kier molecular flexibility index (Phi) is 5.25. The minimum atomic E-state index is 0. The van der Waals surface area contributed by atoms with Crippen LogP contribution in [0.15, 0.2) is 42.7 Å². The predicted molar refractivity (Wildman–Crippen MR) is 112 cm³/mol. The number of fused-ring (bicyclic) bond motifs is 1. The van der Waals surface area contributed by atoms with E-state index in [-0.39, 0.29) is 12.4 Å². The third-order valence-electron chi connectivity index (χ3n) is 4.66. The van der Waals surface area contributed by atoms with Gasteiger partial charge in [0, 0.05) is 36.7 Å².